The second-order valence-corrected chi connectivity index (χ2v) is 4.08. The number of rotatable bonds is 2. The van der Waals surface area contributed by atoms with Crippen molar-refractivity contribution in [3.63, 3.8) is 0 Å². The van der Waals surface area contributed by atoms with Gasteiger partial charge in [-0.2, -0.15) is 0 Å². The lowest BCUT2D eigenvalue weighted by Crippen LogP contribution is -2.41. The maximum absolute atomic E-state index is 11.8. The number of nitrogens with zero attached hydrogens (tertiary/aromatic N) is 2. The summed E-state index contributed by atoms with van der Waals surface area (Å²) in [5.74, 6) is -0.124. The van der Waals surface area contributed by atoms with Gasteiger partial charge < -0.3 is 4.57 Å². The number of aromatic nitrogens is 1. The van der Waals surface area contributed by atoms with Gasteiger partial charge in [-0.3, -0.25) is 9.63 Å². The van der Waals surface area contributed by atoms with Crippen LogP contribution in [-0.2, 0) is 4.84 Å². The third-order valence-corrected chi connectivity index (χ3v) is 3.14. The molecule has 0 aromatic carbocycles. The van der Waals surface area contributed by atoms with Crippen LogP contribution in [0.4, 0.5) is 0 Å². The number of fused-ring (bicyclic) bond motifs is 1. The van der Waals surface area contributed by atoms with E-state index in [-0.39, 0.29) is 11.9 Å². The number of hydroxylamine groups is 2. The van der Waals surface area contributed by atoms with Gasteiger partial charge in [0, 0.05) is 0 Å². The van der Waals surface area contributed by atoms with Gasteiger partial charge in [-0.15, -0.1) is 6.58 Å². The first-order chi connectivity index (χ1) is 7.19. The number of carbonyl (C=O) groups is 1. The van der Waals surface area contributed by atoms with E-state index in [1.54, 1.807) is 12.1 Å². The molecule has 1 unspecified atom stereocenters. The monoisotopic (exact) mass is 270 g/mol. The Bertz CT molecular complexity index is 414. The van der Waals surface area contributed by atoms with Gasteiger partial charge in [0.1, 0.15) is 5.69 Å². The maximum atomic E-state index is 11.8. The molecule has 0 bridgehead atoms. The second-order valence-electron chi connectivity index (χ2n) is 3.26. The van der Waals surface area contributed by atoms with E-state index in [4.69, 9.17) is 4.84 Å². The average molecular weight is 271 g/mol. The van der Waals surface area contributed by atoms with E-state index < -0.39 is 0 Å². The minimum absolute atomic E-state index is 0.0435. The van der Waals surface area contributed by atoms with E-state index in [0.29, 0.717) is 12.2 Å². The molecule has 4 nitrogen and oxygen atoms in total. The molecule has 15 heavy (non-hydrogen) atoms. The Morgan fingerprint density at radius 1 is 1.67 bits per heavy atom. The van der Waals surface area contributed by atoms with Crippen molar-refractivity contribution in [3.8, 4) is 0 Å². The van der Waals surface area contributed by atoms with E-state index in [2.05, 4.69) is 22.5 Å². The molecule has 1 aromatic rings. The molecule has 0 spiro atoms. The van der Waals surface area contributed by atoms with Crippen molar-refractivity contribution in [2.75, 3.05) is 13.7 Å². The Hall–Kier alpha value is -1.07. The standard InChI is InChI=1S/C10H11BrN2O2/c1-3-7-6-12(15-2)10(14)8-4-5-9(11)13(7)8/h3-5,7H,1,6H2,2H3. The molecule has 0 saturated carbocycles. The number of hydrogen-bond donors (Lipinski definition) is 0. The minimum Gasteiger partial charge on any atom is -0.322 e. The summed E-state index contributed by atoms with van der Waals surface area (Å²) in [6.07, 6.45) is 1.80. The molecule has 1 aromatic heterocycles. The lowest BCUT2D eigenvalue weighted by atomic mass is 10.2. The summed E-state index contributed by atoms with van der Waals surface area (Å²) in [5, 5.41) is 1.34. The van der Waals surface area contributed by atoms with Crippen LogP contribution in [-0.4, -0.2) is 29.2 Å². The fourth-order valence-electron chi connectivity index (χ4n) is 1.73. The summed E-state index contributed by atoms with van der Waals surface area (Å²) in [5.41, 5.74) is 0.611. The fourth-order valence-corrected chi connectivity index (χ4v) is 2.32. The van der Waals surface area contributed by atoms with Gasteiger partial charge in [-0.05, 0) is 28.1 Å². The highest BCUT2D eigenvalue weighted by Gasteiger charge is 2.31. The van der Waals surface area contributed by atoms with Crippen LogP contribution in [0, 0.1) is 0 Å². The van der Waals surface area contributed by atoms with Crippen LogP contribution in [0.5, 0.6) is 0 Å². The largest absolute Gasteiger partial charge is 0.322 e. The Kier molecular flexibility index (Phi) is 2.67. The molecular weight excluding hydrogens is 260 g/mol. The van der Waals surface area contributed by atoms with Crippen molar-refractivity contribution < 1.29 is 9.63 Å². The lowest BCUT2D eigenvalue weighted by molar-refractivity contribution is -0.105. The van der Waals surface area contributed by atoms with Crippen LogP contribution in [0.2, 0.25) is 0 Å². The van der Waals surface area contributed by atoms with Crippen LogP contribution < -0.4 is 0 Å². The summed E-state index contributed by atoms with van der Waals surface area (Å²) in [7, 11) is 1.49. The number of hydrogen-bond acceptors (Lipinski definition) is 2. The molecule has 1 aliphatic heterocycles. The third-order valence-electron chi connectivity index (χ3n) is 2.49. The van der Waals surface area contributed by atoms with Crippen LogP contribution in [0.3, 0.4) is 0 Å². The van der Waals surface area contributed by atoms with Gasteiger partial charge in [0.2, 0.25) is 0 Å². The van der Waals surface area contributed by atoms with Gasteiger partial charge in [0.15, 0.2) is 0 Å². The fraction of sp³-hybridized carbons (Fsp3) is 0.300. The van der Waals surface area contributed by atoms with Crippen LogP contribution in [0.1, 0.15) is 16.5 Å². The second kappa shape index (κ2) is 3.83. The van der Waals surface area contributed by atoms with Gasteiger partial charge in [-0.25, -0.2) is 5.06 Å². The molecule has 0 aliphatic carbocycles. The molecule has 5 heteroatoms. The number of amides is 1. The van der Waals surface area contributed by atoms with E-state index in [9.17, 15) is 4.79 Å². The molecule has 0 saturated heterocycles. The van der Waals surface area contributed by atoms with E-state index in [1.165, 1.54) is 12.2 Å². The van der Waals surface area contributed by atoms with Crippen molar-refractivity contribution in [3.05, 3.63) is 35.1 Å². The smallest absolute Gasteiger partial charge is 0.294 e. The van der Waals surface area contributed by atoms with Crippen molar-refractivity contribution in [2.24, 2.45) is 0 Å². The lowest BCUT2D eigenvalue weighted by Gasteiger charge is -2.31. The van der Waals surface area contributed by atoms with Gasteiger partial charge in [-0.1, -0.05) is 6.08 Å². The summed E-state index contributed by atoms with van der Waals surface area (Å²) in [4.78, 5) is 16.9. The quantitative estimate of drug-likeness (QED) is 0.771. The number of carbonyl (C=O) groups excluding carboxylic acids is 1. The zero-order chi connectivity index (χ0) is 11.0. The Labute approximate surface area is 96.2 Å². The molecule has 1 atom stereocenters. The van der Waals surface area contributed by atoms with Crippen molar-refractivity contribution in [2.45, 2.75) is 6.04 Å². The molecule has 0 radical (unpaired) electrons. The summed E-state index contributed by atoms with van der Waals surface area (Å²) in [6, 6.07) is 3.67. The average Bonchev–Trinajstić information content (AvgIpc) is 2.63. The SMILES string of the molecule is C=CC1CN(OC)C(=O)c2ccc(Br)n21. The molecule has 0 fully saturated rings. The highest BCUT2D eigenvalue weighted by Crippen LogP contribution is 2.28. The van der Waals surface area contributed by atoms with Crippen LogP contribution in [0.25, 0.3) is 0 Å². The van der Waals surface area contributed by atoms with E-state index in [1.807, 2.05) is 10.6 Å². The predicted molar refractivity (Wildman–Crippen MR) is 59.4 cm³/mol. The van der Waals surface area contributed by atoms with Crippen LogP contribution >= 0.6 is 15.9 Å². The third kappa shape index (κ3) is 1.52. The Balaban J connectivity index is 2.51. The van der Waals surface area contributed by atoms with Crippen molar-refractivity contribution in [1.82, 2.24) is 9.63 Å². The zero-order valence-corrected chi connectivity index (χ0v) is 9.90. The predicted octanol–water partition coefficient (Wildman–Crippen LogP) is 1.99. The van der Waals surface area contributed by atoms with Gasteiger partial charge in [0.05, 0.1) is 24.3 Å². The summed E-state index contributed by atoms with van der Waals surface area (Å²) < 4.78 is 2.79. The first kappa shape index (κ1) is 10.4. The molecule has 0 N–H and O–H groups in total. The zero-order valence-electron chi connectivity index (χ0n) is 8.31. The highest BCUT2D eigenvalue weighted by molar-refractivity contribution is 9.10. The first-order valence-electron chi connectivity index (χ1n) is 4.54. The first-order valence-corrected chi connectivity index (χ1v) is 5.33. The Morgan fingerprint density at radius 3 is 3.00 bits per heavy atom. The molecule has 80 valence electrons. The number of halogens is 1. The summed E-state index contributed by atoms with van der Waals surface area (Å²) in [6.45, 7) is 4.25. The molecule has 2 rings (SSSR count). The van der Waals surface area contributed by atoms with Crippen molar-refractivity contribution >= 4 is 21.8 Å². The maximum Gasteiger partial charge on any atom is 0.294 e. The molecule has 2 heterocycles. The highest BCUT2D eigenvalue weighted by atomic mass is 79.9. The topological polar surface area (TPSA) is 34.5 Å². The van der Waals surface area contributed by atoms with Gasteiger partial charge in [0.25, 0.3) is 5.91 Å². The minimum atomic E-state index is -0.124. The molecule has 1 amide bonds. The van der Waals surface area contributed by atoms with E-state index >= 15 is 0 Å². The van der Waals surface area contributed by atoms with Crippen molar-refractivity contribution in [1.29, 1.82) is 0 Å². The van der Waals surface area contributed by atoms with Gasteiger partial charge >= 0.3 is 0 Å². The molecule has 1 aliphatic rings. The van der Waals surface area contributed by atoms with E-state index in [0.717, 1.165) is 4.60 Å². The normalized spacial score (nSPS) is 20.3. The summed E-state index contributed by atoms with van der Waals surface area (Å²) >= 11 is 3.41. The molecular formula is C10H11BrN2O2. The Morgan fingerprint density at radius 2 is 2.40 bits per heavy atom. The van der Waals surface area contributed by atoms with Crippen LogP contribution in [0.15, 0.2) is 29.4 Å².